The fraction of sp³-hybridized carbons (Fsp3) is 0.167. The van der Waals surface area contributed by atoms with Crippen molar-refractivity contribution in [3.8, 4) is 5.75 Å². The van der Waals surface area contributed by atoms with Gasteiger partial charge in [-0.1, -0.05) is 24.3 Å². The van der Waals surface area contributed by atoms with Crippen molar-refractivity contribution in [2.24, 2.45) is 0 Å². The Bertz CT molecular complexity index is 446. The average molecular weight is 356 g/mol. The molecular weight excluding hydrogens is 344 g/mol. The summed E-state index contributed by atoms with van der Waals surface area (Å²) in [7, 11) is 1.69. The van der Waals surface area contributed by atoms with E-state index in [-0.39, 0.29) is 57.0 Å². The van der Waals surface area contributed by atoms with Crippen LogP contribution in [0.2, 0.25) is 0 Å². The van der Waals surface area contributed by atoms with Crippen molar-refractivity contribution in [2.75, 3.05) is 7.11 Å². The number of hydrogen-bond donors (Lipinski definition) is 0. The minimum atomic E-state index is 0. The molecule has 1 nitrogen and oxygen atoms in total. The molecule has 0 aliphatic rings. The quantitative estimate of drug-likeness (QED) is 0.489. The summed E-state index contributed by atoms with van der Waals surface area (Å²) in [6.45, 7) is 2.12. The number of benzene rings is 2. The molecule has 2 aromatic carbocycles. The van der Waals surface area contributed by atoms with Gasteiger partial charge in [-0.15, -0.1) is 0 Å². The van der Waals surface area contributed by atoms with E-state index in [0.717, 1.165) is 5.75 Å². The molecule has 0 unspecified atom stereocenters. The van der Waals surface area contributed by atoms with Gasteiger partial charge in [0.25, 0.3) is 0 Å². The van der Waals surface area contributed by atoms with Crippen molar-refractivity contribution in [1.82, 2.24) is 0 Å². The molecule has 0 heterocycles. The van der Waals surface area contributed by atoms with Gasteiger partial charge in [-0.25, -0.2) is 0 Å². The first-order valence-electron chi connectivity index (χ1n) is 4.34. The zero-order valence-corrected chi connectivity index (χ0v) is 13.9. The normalized spacial score (nSPS) is 8.38. The van der Waals surface area contributed by atoms with Crippen LogP contribution in [-0.2, 0) is 0 Å². The summed E-state index contributed by atoms with van der Waals surface area (Å²) in [6.07, 6.45) is 0. The van der Waals surface area contributed by atoms with Gasteiger partial charge in [-0.2, -0.15) is 0 Å². The molecule has 0 aromatic heterocycles. The molecule has 0 amide bonds. The third kappa shape index (κ3) is 3.91. The van der Waals surface area contributed by atoms with Gasteiger partial charge in [0.05, 0.1) is 7.11 Å². The Morgan fingerprint density at radius 3 is 2.31 bits per heavy atom. The Labute approximate surface area is 133 Å². The second kappa shape index (κ2) is 8.34. The third-order valence-electron chi connectivity index (χ3n) is 2.31. The first kappa shape index (κ1) is 18.6. The predicted molar refractivity (Wildman–Crippen MR) is 61.0 cm³/mol. The molecule has 0 radical (unpaired) electrons. The first-order valence-corrected chi connectivity index (χ1v) is 4.34. The summed E-state index contributed by atoms with van der Waals surface area (Å²) in [5, 5.41) is 2.53. The second-order valence-electron chi connectivity index (χ2n) is 3.16. The van der Waals surface area contributed by atoms with Crippen molar-refractivity contribution in [2.45, 2.75) is 6.92 Å². The number of methoxy groups -OCH3 is 1. The third-order valence-corrected chi connectivity index (χ3v) is 2.31. The summed E-state index contributed by atoms with van der Waals surface area (Å²) < 4.78 is 5.16. The van der Waals surface area contributed by atoms with Gasteiger partial charge in [0.1, 0.15) is 5.75 Å². The SMILES string of the molecule is COc1ccc2c(C)cccc2c1.[Br-].[Br-].[Mg+2]. The van der Waals surface area contributed by atoms with Crippen LogP contribution in [0.1, 0.15) is 5.56 Å². The maximum Gasteiger partial charge on any atom is 2.00 e. The van der Waals surface area contributed by atoms with Crippen LogP contribution in [0.5, 0.6) is 5.75 Å². The van der Waals surface area contributed by atoms with Crippen LogP contribution < -0.4 is 38.7 Å². The monoisotopic (exact) mass is 354 g/mol. The van der Waals surface area contributed by atoms with E-state index in [1.54, 1.807) is 7.11 Å². The summed E-state index contributed by atoms with van der Waals surface area (Å²) in [6, 6.07) is 12.4. The van der Waals surface area contributed by atoms with E-state index in [9.17, 15) is 0 Å². The molecule has 0 N–H and O–H groups in total. The van der Waals surface area contributed by atoms with Crippen LogP contribution in [0.15, 0.2) is 36.4 Å². The van der Waals surface area contributed by atoms with Crippen LogP contribution >= 0.6 is 0 Å². The molecule has 2 aromatic rings. The zero-order chi connectivity index (χ0) is 9.26. The molecule has 0 atom stereocenters. The summed E-state index contributed by atoms with van der Waals surface area (Å²) in [5.41, 5.74) is 1.31. The Kier molecular flexibility index (Phi) is 9.68. The van der Waals surface area contributed by atoms with Gasteiger partial charge in [0.15, 0.2) is 0 Å². The molecule has 0 saturated heterocycles. The zero-order valence-electron chi connectivity index (χ0n) is 9.34. The van der Waals surface area contributed by atoms with E-state index in [0.29, 0.717) is 0 Å². The molecular formula is C12H12Br2MgO. The van der Waals surface area contributed by atoms with Gasteiger partial charge < -0.3 is 38.7 Å². The summed E-state index contributed by atoms with van der Waals surface area (Å²) >= 11 is 0. The number of hydrogen-bond acceptors (Lipinski definition) is 1. The Balaban J connectivity index is 0. The number of halogens is 2. The van der Waals surface area contributed by atoms with E-state index in [2.05, 4.69) is 37.3 Å². The number of rotatable bonds is 1. The fourth-order valence-corrected chi connectivity index (χ4v) is 1.55. The number of ether oxygens (including phenoxy) is 1. The average Bonchev–Trinajstić information content (AvgIpc) is 2.18. The van der Waals surface area contributed by atoms with Gasteiger partial charge in [0.2, 0.25) is 0 Å². The fourth-order valence-electron chi connectivity index (χ4n) is 1.55. The number of fused-ring (bicyclic) bond motifs is 1. The maximum absolute atomic E-state index is 5.16. The van der Waals surface area contributed by atoms with E-state index in [1.807, 2.05) is 6.07 Å². The molecule has 0 aliphatic carbocycles. The smallest absolute Gasteiger partial charge is 1.00 e. The largest absolute Gasteiger partial charge is 2.00 e. The van der Waals surface area contributed by atoms with Crippen molar-refractivity contribution in [1.29, 1.82) is 0 Å². The molecule has 16 heavy (non-hydrogen) atoms. The molecule has 0 fully saturated rings. The van der Waals surface area contributed by atoms with Gasteiger partial charge in [0, 0.05) is 0 Å². The minimum Gasteiger partial charge on any atom is -1.00 e. The standard InChI is InChI=1S/C12H12O.2BrH.Mg/c1-9-4-3-5-10-8-11(13-2)6-7-12(9)10;;;/h3-8H,1-2H3;2*1H;/q;;;+2/p-2. The predicted octanol–water partition coefficient (Wildman–Crippen LogP) is -3.22. The van der Waals surface area contributed by atoms with Crippen LogP contribution in [-0.4, -0.2) is 30.2 Å². The second-order valence-corrected chi connectivity index (χ2v) is 3.16. The molecule has 82 valence electrons. The molecule has 4 heteroatoms. The van der Waals surface area contributed by atoms with E-state index in [1.165, 1.54) is 16.3 Å². The summed E-state index contributed by atoms with van der Waals surface area (Å²) in [4.78, 5) is 0. The van der Waals surface area contributed by atoms with Gasteiger partial charge >= 0.3 is 23.1 Å². The maximum atomic E-state index is 5.16. The molecule has 0 saturated carbocycles. The van der Waals surface area contributed by atoms with Gasteiger partial charge in [-0.05, 0) is 35.4 Å². The van der Waals surface area contributed by atoms with Crippen molar-refractivity contribution < 1.29 is 38.7 Å². The molecule has 0 aliphatic heterocycles. The van der Waals surface area contributed by atoms with Gasteiger partial charge in [-0.3, -0.25) is 0 Å². The van der Waals surface area contributed by atoms with Crippen molar-refractivity contribution >= 4 is 33.8 Å². The Morgan fingerprint density at radius 2 is 1.69 bits per heavy atom. The van der Waals surface area contributed by atoms with Crippen LogP contribution in [0.25, 0.3) is 10.8 Å². The molecule has 0 bridgehead atoms. The Morgan fingerprint density at radius 1 is 1.00 bits per heavy atom. The topological polar surface area (TPSA) is 9.23 Å². The van der Waals surface area contributed by atoms with Crippen molar-refractivity contribution in [3.63, 3.8) is 0 Å². The van der Waals surface area contributed by atoms with E-state index in [4.69, 9.17) is 4.74 Å². The van der Waals surface area contributed by atoms with Crippen LogP contribution in [0, 0.1) is 6.92 Å². The van der Waals surface area contributed by atoms with Crippen LogP contribution in [0.4, 0.5) is 0 Å². The van der Waals surface area contributed by atoms with Crippen molar-refractivity contribution in [3.05, 3.63) is 42.0 Å². The molecule has 2 rings (SSSR count). The summed E-state index contributed by atoms with van der Waals surface area (Å²) in [5.74, 6) is 0.915. The number of aryl methyl sites for hydroxylation is 1. The minimum absolute atomic E-state index is 0. The van der Waals surface area contributed by atoms with E-state index >= 15 is 0 Å². The Hall–Kier alpha value is 0.226. The first-order chi connectivity index (χ1) is 6.31. The van der Waals surface area contributed by atoms with E-state index < -0.39 is 0 Å². The van der Waals surface area contributed by atoms with Crippen LogP contribution in [0.3, 0.4) is 0 Å². The molecule has 0 spiro atoms.